The summed E-state index contributed by atoms with van der Waals surface area (Å²) in [6.45, 7) is 0. The Morgan fingerprint density at radius 3 is 3.10 bits per heavy atom. The number of methoxy groups -OCH3 is 1. The zero-order valence-electron chi connectivity index (χ0n) is 10.8. The number of rotatable bonds is 4. The molecule has 3 N–H and O–H groups in total. The molecule has 0 unspecified atom stereocenters. The van der Waals surface area contributed by atoms with Crippen LogP contribution in [-0.2, 0) is 5.75 Å². The van der Waals surface area contributed by atoms with Crippen molar-refractivity contribution in [2.24, 2.45) is 0 Å². The number of nitrogens with one attached hydrogen (secondary N) is 1. The molecule has 20 heavy (non-hydrogen) atoms. The maximum absolute atomic E-state index is 5.79. The van der Waals surface area contributed by atoms with E-state index in [1.807, 2.05) is 18.2 Å². The SMILES string of the molecule is COc1ccc2nc(SCc3cncnc3N)[nH]c2c1. The summed E-state index contributed by atoms with van der Waals surface area (Å²) in [5.41, 5.74) is 8.54. The molecule has 0 spiro atoms. The molecule has 0 radical (unpaired) electrons. The first-order valence-electron chi connectivity index (χ1n) is 5.97. The molecule has 0 saturated heterocycles. The monoisotopic (exact) mass is 287 g/mol. The Morgan fingerprint density at radius 1 is 1.40 bits per heavy atom. The number of aromatic amines is 1. The first kappa shape index (κ1) is 12.7. The number of nitrogens with two attached hydrogens (primary N) is 1. The van der Waals surface area contributed by atoms with Crippen molar-refractivity contribution < 1.29 is 4.74 Å². The minimum Gasteiger partial charge on any atom is -0.497 e. The van der Waals surface area contributed by atoms with Crippen LogP contribution in [0.3, 0.4) is 0 Å². The van der Waals surface area contributed by atoms with E-state index in [1.165, 1.54) is 6.33 Å². The summed E-state index contributed by atoms with van der Waals surface area (Å²) in [7, 11) is 1.64. The predicted octanol–water partition coefficient (Wildman–Crippen LogP) is 2.24. The number of nitrogen functional groups attached to an aromatic ring is 1. The lowest BCUT2D eigenvalue weighted by Crippen LogP contribution is -1.96. The van der Waals surface area contributed by atoms with Gasteiger partial charge in [0.25, 0.3) is 0 Å². The molecule has 2 aromatic heterocycles. The molecule has 0 fully saturated rings. The van der Waals surface area contributed by atoms with E-state index in [4.69, 9.17) is 10.5 Å². The van der Waals surface area contributed by atoms with Crippen molar-refractivity contribution in [1.82, 2.24) is 19.9 Å². The van der Waals surface area contributed by atoms with Crippen molar-refractivity contribution in [1.29, 1.82) is 0 Å². The van der Waals surface area contributed by atoms with Gasteiger partial charge >= 0.3 is 0 Å². The van der Waals surface area contributed by atoms with Gasteiger partial charge in [0.05, 0.1) is 18.1 Å². The highest BCUT2D eigenvalue weighted by molar-refractivity contribution is 7.98. The number of benzene rings is 1. The van der Waals surface area contributed by atoms with Crippen molar-refractivity contribution in [3.8, 4) is 5.75 Å². The number of aromatic nitrogens is 4. The molecule has 0 bridgehead atoms. The van der Waals surface area contributed by atoms with E-state index in [1.54, 1.807) is 25.1 Å². The molecular formula is C13H13N5OS. The number of imidazole rings is 1. The van der Waals surface area contributed by atoms with Crippen molar-refractivity contribution in [2.45, 2.75) is 10.9 Å². The third-order valence-electron chi connectivity index (χ3n) is 2.85. The van der Waals surface area contributed by atoms with E-state index in [0.29, 0.717) is 11.6 Å². The quantitative estimate of drug-likeness (QED) is 0.715. The fourth-order valence-electron chi connectivity index (χ4n) is 1.79. The van der Waals surface area contributed by atoms with Crippen LogP contribution in [0, 0.1) is 0 Å². The number of H-pyrrole nitrogens is 1. The summed E-state index contributed by atoms with van der Waals surface area (Å²) in [6, 6.07) is 5.74. The van der Waals surface area contributed by atoms with E-state index in [9.17, 15) is 0 Å². The average Bonchev–Trinajstić information content (AvgIpc) is 2.88. The third kappa shape index (κ3) is 2.53. The lowest BCUT2D eigenvalue weighted by atomic mass is 10.3. The molecule has 0 aliphatic carbocycles. The fourth-order valence-corrected chi connectivity index (χ4v) is 2.65. The highest BCUT2D eigenvalue weighted by Gasteiger charge is 2.07. The second-order valence-electron chi connectivity index (χ2n) is 4.15. The Labute approximate surface area is 119 Å². The van der Waals surface area contributed by atoms with Crippen LogP contribution in [0.4, 0.5) is 5.82 Å². The first-order valence-corrected chi connectivity index (χ1v) is 6.96. The second-order valence-corrected chi connectivity index (χ2v) is 5.11. The van der Waals surface area contributed by atoms with Crippen LogP contribution in [0.5, 0.6) is 5.75 Å². The zero-order chi connectivity index (χ0) is 13.9. The number of nitrogens with zero attached hydrogens (tertiary/aromatic N) is 3. The maximum Gasteiger partial charge on any atom is 0.166 e. The van der Waals surface area contributed by atoms with Crippen LogP contribution >= 0.6 is 11.8 Å². The van der Waals surface area contributed by atoms with Crippen LogP contribution in [0.1, 0.15) is 5.56 Å². The molecule has 1 aromatic carbocycles. The van der Waals surface area contributed by atoms with Gasteiger partial charge in [-0.15, -0.1) is 0 Å². The molecule has 2 heterocycles. The molecule has 6 nitrogen and oxygen atoms in total. The Balaban J connectivity index is 1.79. The lowest BCUT2D eigenvalue weighted by Gasteiger charge is -2.00. The van der Waals surface area contributed by atoms with Crippen LogP contribution in [-0.4, -0.2) is 27.0 Å². The number of ether oxygens (including phenoxy) is 1. The van der Waals surface area contributed by atoms with E-state index >= 15 is 0 Å². The van der Waals surface area contributed by atoms with Gasteiger partial charge in [-0.2, -0.15) is 0 Å². The fraction of sp³-hybridized carbons (Fsp3) is 0.154. The zero-order valence-corrected chi connectivity index (χ0v) is 11.6. The number of thioether (sulfide) groups is 1. The molecule has 102 valence electrons. The molecule has 0 aliphatic rings. The predicted molar refractivity (Wildman–Crippen MR) is 78.7 cm³/mol. The summed E-state index contributed by atoms with van der Waals surface area (Å²) < 4.78 is 5.19. The van der Waals surface area contributed by atoms with Gasteiger partial charge in [0, 0.05) is 23.6 Å². The topological polar surface area (TPSA) is 89.7 Å². The lowest BCUT2D eigenvalue weighted by molar-refractivity contribution is 0.415. The molecular weight excluding hydrogens is 274 g/mol. The van der Waals surface area contributed by atoms with Gasteiger partial charge in [-0.1, -0.05) is 11.8 Å². The Morgan fingerprint density at radius 2 is 2.30 bits per heavy atom. The normalized spacial score (nSPS) is 10.8. The standard InChI is InChI=1S/C13H13N5OS/c1-19-9-2-3-10-11(4-9)18-13(17-10)20-6-8-5-15-7-16-12(8)14/h2-5,7H,6H2,1H3,(H,17,18)(H2,14,15,16). The van der Waals surface area contributed by atoms with Crippen molar-refractivity contribution in [3.63, 3.8) is 0 Å². The van der Waals surface area contributed by atoms with Gasteiger partial charge in [-0.05, 0) is 12.1 Å². The summed E-state index contributed by atoms with van der Waals surface area (Å²) in [5.74, 6) is 1.98. The van der Waals surface area contributed by atoms with Crippen molar-refractivity contribution in [2.75, 3.05) is 12.8 Å². The van der Waals surface area contributed by atoms with Gasteiger partial charge in [-0.25, -0.2) is 15.0 Å². The summed E-state index contributed by atoms with van der Waals surface area (Å²) >= 11 is 1.56. The average molecular weight is 287 g/mol. The Kier molecular flexibility index (Phi) is 3.42. The van der Waals surface area contributed by atoms with Crippen LogP contribution in [0.2, 0.25) is 0 Å². The number of fused-ring (bicyclic) bond motifs is 1. The summed E-state index contributed by atoms with van der Waals surface area (Å²) in [4.78, 5) is 15.7. The van der Waals surface area contributed by atoms with Crippen LogP contribution < -0.4 is 10.5 Å². The van der Waals surface area contributed by atoms with Crippen molar-refractivity contribution in [3.05, 3.63) is 36.3 Å². The maximum atomic E-state index is 5.79. The molecule has 7 heteroatoms. The van der Waals surface area contributed by atoms with Gasteiger partial charge < -0.3 is 15.5 Å². The molecule has 3 rings (SSSR count). The minimum absolute atomic E-state index is 0.505. The van der Waals surface area contributed by atoms with Crippen LogP contribution in [0.15, 0.2) is 35.9 Å². The Bertz CT molecular complexity index is 742. The van der Waals surface area contributed by atoms with Gasteiger partial charge in [0.2, 0.25) is 0 Å². The second kappa shape index (κ2) is 5.38. The number of anilines is 1. The van der Waals surface area contributed by atoms with E-state index in [0.717, 1.165) is 27.5 Å². The highest BCUT2D eigenvalue weighted by Crippen LogP contribution is 2.26. The summed E-state index contributed by atoms with van der Waals surface area (Å²) in [5, 5.41) is 0.830. The first-order chi connectivity index (χ1) is 9.76. The molecule has 0 aliphatic heterocycles. The van der Waals surface area contributed by atoms with E-state index < -0.39 is 0 Å². The van der Waals surface area contributed by atoms with E-state index in [-0.39, 0.29) is 0 Å². The molecule has 0 atom stereocenters. The minimum atomic E-state index is 0.505. The Hall–Kier alpha value is -2.28. The summed E-state index contributed by atoms with van der Waals surface area (Å²) in [6.07, 6.45) is 3.16. The molecule has 0 amide bonds. The van der Waals surface area contributed by atoms with Gasteiger partial charge in [0.1, 0.15) is 17.9 Å². The molecule has 0 saturated carbocycles. The van der Waals surface area contributed by atoms with Gasteiger partial charge in [-0.3, -0.25) is 0 Å². The highest BCUT2D eigenvalue weighted by atomic mass is 32.2. The van der Waals surface area contributed by atoms with Gasteiger partial charge in [0.15, 0.2) is 5.16 Å². The molecule has 3 aromatic rings. The smallest absolute Gasteiger partial charge is 0.166 e. The largest absolute Gasteiger partial charge is 0.497 e. The number of hydrogen-bond donors (Lipinski definition) is 2. The number of hydrogen-bond acceptors (Lipinski definition) is 6. The van der Waals surface area contributed by atoms with Crippen LogP contribution in [0.25, 0.3) is 11.0 Å². The van der Waals surface area contributed by atoms with Crippen molar-refractivity contribution >= 4 is 28.6 Å². The third-order valence-corrected chi connectivity index (χ3v) is 3.78. The van der Waals surface area contributed by atoms with E-state index in [2.05, 4.69) is 19.9 Å².